The van der Waals surface area contributed by atoms with Gasteiger partial charge in [0.1, 0.15) is 5.25 Å². The van der Waals surface area contributed by atoms with Crippen LogP contribution in [0.4, 0.5) is 0 Å². The van der Waals surface area contributed by atoms with Crippen LogP contribution < -0.4 is 0 Å². The van der Waals surface area contributed by atoms with E-state index in [1.54, 1.807) is 0 Å². The average molecular weight is 245 g/mol. The molecule has 1 aromatic carbocycles. The summed E-state index contributed by atoms with van der Waals surface area (Å²) in [6.45, 7) is 0.532. The van der Waals surface area contributed by atoms with Gasteiger partial charge in [-0.3, -0.25) is 4.79 Å². The summed E-state index contributed by atoms with van der Waals surface area (Å²) in [6.07, 6.45) is 0.776. The van der Waals surface area contributed by atoms with Gasteiger partial charge < -0.3 is 4.74 Å². The largest absolute Gasteiger partial charge is 0.465 e. The Kier molecular flexibility index (Phi) is 2.73. The Morgan fingerprint density at radius 1 is 1.24 bits per heavy atom. The van der Waals surface area contributed by atoms with Gasteiger partial charge in [0.05, 0.1) is 17.1 Å². The standard InChI is InChI=1S/C13H11NO2S/c15-13-11(7-8-16-13)17-12-6-5-9-3-1-2-4-10(9)14-12/h1-6,11H,7-8H2/t11-/m0/s1. The number of para-hydroxylation sites is 1. The topological polar surface area (TPSA) is 39.2 Å². The molecule has 2 aromatic rings. The Balaban J connectivity index is 1.88. The number of esters is 1. The number of hydrogen-bond acceptors (Lipinski definition) is 4. The van der Waals surface area contributed by atoms with Crippen molar-refractivity contribution in [2.24, 2.45) is 0 Å². The van der Waals surface area contributed by atoms with Crippen LogP contribution in [0.15, 0.2) is 41.4 Å². The Morgan fingerprint density at radius 3 is 2.94 bits per heavy atom. The second kappa shape index (κ2) is 4.37. The maximum Gasteiger partial charge on any atom is 0.319 e. The third-order valence-corrected chi connectivity index (χ3v) is 3.90. The number of benzene rings is 1. The van der Waals surface area contributed by atoms with Gasteiger partial charge in [-0.15, -0.1) is 0 Å². The molecule has 0 amide bonds. The number of ether oxygens (including phenoxy) is 1. The van der Waals surface area contributed by atoms with Gasteiger partial charge in [0, 0.05) is 11.8 Å². The van der Waals surface area contributed by atoms with Crippen molar-refractivity contribution in [2.75, 3.05) is 6.61 Å². The van der Waals surface area contributed by atoms with Gasteiger partial charge >= 0.3 is 5.97 Å². The van der Waals surface area contributed by atoms with Gasteiger partial charge in [0.15, 0.2) is 0 Å². The molecule has 0 spiro atoms. The van der Waals surface area contributed by atoms with Gasteiger partial charge in [-0.25, -0.2) is 4.98 Å². The number of fused-ring (bicyclic) bond motifs is 1. The first-order valence-corrected chi connectivity index (χ1v) is 6.40. The summed E-state index contributed by atoms with van der Waals surface area (Å²) in [5.41, 5.74) is 0.962. The Morgan fingerprint density at radius 2 is 2.12 bits per heavy atom. The van der Waals surface area contributed by atoms with Crippen LogP contribution in [0.5, 0.6) is 0 Å². The number of rotatable bonds is 2. The van der Waals surface area contributed by atoms with Crippen LogP contribution in [-0.4, -0.2) is 22.8 Å². The van der Waals surface area contributed by atoms with E-state index in [1.807, 2.05) is 36.4 Å². The number of aromatic nitrogens is 1. The fourth-order valence-corrected chi connectivity index (χ4v) is 2.81. The summed E-state index contributed by atoms with van der Waals surface area (Å²) < 4.78 is 4.94. The maximum absolute atomic E-state index is 11.4. The van der Waals surface area contributed by atoms with Crippen molar-refractivity contribution in [3.63, 3.8) is 0 Å². The molecule has 1 aromatic heterocycles. The van der Waals surface area contributed by atoms with E-state index in [4.69, 9.17) is 4.74 Å². The molecule has 1 fully saturated rings. The molecule has 17 heavy (non-hydrogen) atoms. The van der Waals surface area contributed by atoms with Gasteiger partial charge in [-0.05, 0) is 12.1 Å². The minimum atomic E-state index is -0.120. The summed E-state index contributed by atoms with van der Waals surface area (Å²) in [4.78, 5) is 15.9. The van der Waals surface area contributed by atoms with Gasteiger partial charge in [0.25, 0.3) is 0 Å². The molecule has 0 bridgehead atoms. The molecule has 0 radical (unpaired) electrons. The van der Waals surface area contributed by atoms with E-state index in [1.165, 1.54) is 11.8 Å². The predicted molar refractivity (Wildman–Crippen MR) is 67.0 cm³/mol. The molecule has 2 heterocycles. The number of carbonyl (C=O) groups is 1. The lowest BCUT2D eigenvalue weighted by Gasteiger charge is -2.05. The minimum Gasteiger partial charge on any atom is -0.465 e. The zero-order chi connectivity index (χ0) is 11.7. The van der Waals surface area contributed by atoms with Gasteiger partial charge in [-0.2, -0.15) is 0 Å². The number of carbonyl (C=O) groups excluding carboxylic acids is 1. The van der Waals surface area contributed by atoms with E-state index in [0.717, 1.165) is 22.3 Å². The number of hydrogen-bond donors (Lipinski definition) is 0. The number of thioether (sulfide) groups is 1. The molecule has 1 aliphatic heterocycles. The molecular weight excluding hydrogens is 234 g/mol. The SMILES string of the molecule is O=C1OCC[C@@H]1Sc1ccc2ccccc2n1. The van der Waals surface area contributed by atoms with Crippen LogP contribution in [0.3, 0.4) is 0 Å². The first kappa shape index (κ1) is 10.6. The van der Waals surface area contributed by atoms with E-state index in [2.05, 4.69) is 4.98 Å². The highest BCUT2D eigenvalue weighted by atomic mass is 32.2. The van der Waals surface area contributed by atoms with E-state index in [0.29, 0.717) is 6.61 Å². The zero-order valence-electron chi connectivity index (χ0n) is 9.13. The fourth-order valence-electron chi connectivity index (χ4n) is 1.84. The molecule has 1 atom stereocenters. The van der Waals surface area contributed by atoms with E-state index in [-0.39, 0.29) is 11.2 Å². The Bertz CT molecular complexity index is 570. The van der Waals surface area contributed by atoms with Crippen molar-refractivity contribution in [2.45, 2.75) is 16.7 Å². The second-order valence-electron chi connectivity index (χ2n) is 3.90. The molecule has 0 saturated carbocycles. The average Bonchev–Trinajstić information content (AvgIpc) is 2.75. The van der Waals surface area contributed by atoms with E-state index >= 15 is 0 Å². The first-order chi connectivity index (χ1) is 8.33. The van der Waals surface area contributed by atoms with Crippen molar-refractivity contribution in [1.82, 2.24) is 4.98 Å². The summed E-state index contributed by atoms with van der Waals surface area (Å²) in [5.74, 6) is -0.120. The third-order valence-electron chi connectivity index (χ3n) is 2.72. The highest BCUT2D eigenvalue weighted by Crippen LogP contribution is 2.29. The quantitative estimate of drug-likeness (QED) is 0.762. The second-order valence-corrected chi connectivity index (χ2v) is 5.13. The number of nitrogens with zero attached hydrogens (tertiary/aromatic N) is 1. The van der Waals surface area contributed by atoms with Crippen molar-refractivity contribution in [3.05, 3.63) is 36.4 Å². The molecule has 4 heteroatoms. The molecule has 86 valence electrons. The van der Waals surface area contributed by atoms with Crippen LogP contribution in [0, 0.1) is 0 Å². The molecule has 0 unspecified atom stereocenters. The molecule has 1 saturated heterocycles. The van der Waals surface area contributed by atoms with Gasteiger partial charge in [0.2, 0.25) is 0 Å². The molecule has 3 nitrogen and oxygen atoms in total. The first-order valence-electron chi connectivity index (χ1n) is 5.52. The Hall–Kier alpha value is -1.55. The Labute approximate surface area is 103 Å². The van der Waals surface area contributed by atoms with Gasteiger partial charge in [-0.1, -0.05) is 36.0 Å². The highest BCUT2D eigenvalue weighted by Gasteiger charge is 2.27. The molecule has 3 rings (SSSR count). The molecule has 0 aliphatic carbocycles. The monoisotopic (exact) mass is 245 g/mol. The summed E-state index contributed by atoms with van der Waals surface area (Å²) in [6, 6.07) is 12.0. The molecular formula is C13H11NO2S. The fraction of sp³-hybridized carbons (Fsp3) is 0.231. The summed E-state index contributed by atoms with van der Waals surface area (Å²) in [7, 11) is 0. The van der Waals surface area contributed by atoms with Crippen molar-refractivity contribution in [3.8, 4) is 0 Å². The minimum absolute atomic E-state index is 0.0938. The van der Waals surface area contributed by atoms with Crippen LogP contribution in [0.2, 0.25) is 0 Å². The van der Waals surface area contributed by atoms with Crippen molar-refractivity contribution < 1.29 is 9.53 Å². The normalized spacial score (nSPS) is 19.5. The number of pyridine rings is 1. The lowest BCUT2D eigenvalue weighted by Crippen LogP contribution is -2.09. The molecule has 0 N–H and O–H groups in total. The van der Waals surface area contributed by atoms with Crippen molar-refractivity contribution in [1.29, 1.82) is 0 Å². The summed E-state index contributed by atoms with van der Waals surface area (Å²) >= 11 is 1.49. The lowest BCUT2D eigenvalue weighted by atomic mass is 10.2. The van der Waals surface area contributed by atoms with E-state index in [9.17, 15) is 4.79 Å². The van der Waals surface area contributed by atoms with Crippen LogP contribution in [-0.2, 0) is 9.53 Å². The van der Waals surface area contributed by atoms with E-state index < -0.39 is 0 Å². The number of cyclic esters (lactones) is 1. The third kappa shape index (κ3) is 2.13. The van der Waals surface area contributed by atoms with Crippen LogP contribution in [0.25, 0.3) is 10.9 Å². The predicted octanol–water partition coefficient (Wildman–Crippen LogP) is 2.64. The summed E-state index contributed by atoms with van der Waals surface area (Å²) in [5, 5.41) is 1.90. The smallest absolute Gasteiger partial charge is 0.319 e. The zero-order valence-corrected chi connectivity index (χ0v) is 9.94. The maximum atomic E-state index is 11.4. The molecule has 1 aliphatic rings. The van der Waals surface area contributed by atoms with Crippen LogP contribution >= 0.6 is 11.8 Å². The lowest BCUT2D eigenvalue weighted by molar-refractivity contribution is -0.137. The highest BCUT2D eigenvalue weighted by molar-refractivity contribution is 8.00. The van der Waals surface area contributed by atoms with Crippen LogP contribution in [0.1, 0.15) is 6.42 Å². The van der Waals surface area contributed by atoms with Crippen molar-refractivity contribution >= 4 is 28.6 Å².